The summed E-state index contributed by atoms with van der Waals surface area (Å²) in [5.41, 5.74) is 3.04. The first-order chi connectivity index (χ1) is 10.3. The standard InChI is InChI=1S/C16H19N5/c1-21-9-8-18-15(21)6-7-19-16-13(11-17)10-12-4-2-3-5-14(12)20-16/h8-10H,2-7H2,1H3,(H,19,20). The van der Waals surface area contributed by atoms with Crippen molar-refractivity contribution in [3.8, 4) is 6.07 Å². The van der Waals surface area contributed by atoms with Crippen LogP contribution in [-0.4, -0.2) is 21.1 Å². The van der Waals surface area contributed by atoms with Gasteiger partial charge in [0, 0.05) is 38.1 Å². The number of pyridine rings is 1. The number of aryl methyl sites for hydroxylation is 3. The summed E-state index contributed by atoms with van der Waals surface area (Å²) in [5.74, 6) is 1.74. The number of anilines is 1. The third-order valence-electron chi connectivity index (χ3n) is 3.98. The van der Waals surface area contributed by atoms with E-state index in [9.17, 15) is 5.26 Å². The van der Waals surface area contributed by atoms with Crippen molar-refractivity contribution < 1.29 is 0 Å². The Morgan fingerprint density at radius 2 is 2.24 bits per heavy atom. The largest absolute Gasteiger partial charge is 0.369 e. The molecule has 1 N–H and O–H groups in total. The van der Waals surface area contributed by atoms with Gasteiger partial charge in [0.05, 0.1) is 5.56 Å². The van der Waals surface area contributed by atoms with Gasteiger partial charge in [-0.1, -0.05) is 0 Å². The first-order valence-corrected chi connectivity index (χ1v) is 7.41. The summed E-state index contributed by atoms with van der Waals surface area (Å²) >= 11 is 0. The first-order valence-electron chi connectivity index (χ1n) is 7.41. The smallest absolute Gasteiger partial charge is 0.144 e. The van der Waals surface area contributed by atoms with Gasteiger partial charge in [-0.15, -0.1) is 0 Å². The lowest BCUT2D eigenvalue weighted by atomic mass is 9.95. The highest BCUT2D eigenvalue weighted by atomic mass is 15.0. The molecule has 0 saturated carbocycles. The zero-order chi connectivity index (χ0) is 14.7. The first kappa shape index (κ1) is 13.6. The highest BCUT2D eigenvalue weighted by molar-refractivity contribution is 5.54. The number of hydrogen-bond donors (Lipinski definition) is 1. The summed E-state index contributed by atoms with van der Waals surface area (Å²) < 4.78 is 2.01. The second-order valence-electron chi connectivity index (χ2n) is 5.44. The SMILES string of the molecule is Cn1ccnc1CCNc1nc2c(cc1C#N)CCCC2. The van der Waals surface area contributed by atoms with E-state index in [0.717, 1.165) is 37.3 Å². The van der Waals surface area contributed by atoms with E-state index in [4.69, 9.17) is 0 Å². The molecular weight excluding hydrogens is 262 g/mol. The van der Waals surface area contributed by atoms with Gasteiger partial charge in [-0.05, 0) is 37.3 Å². The highest BCUT2D eigenvalue weighted by Crippen LogP contribution is 2.24. The van der Waals surface area contributed by atoms with E-state index < -0.39 is 0 Å². The van der Waals surface area contributed by atoms with E-state index in [-0.39, 0.29) is 0 Å². The van der Waals surface area contributed by atoms with Crippen molar-refractivity contribution in [3.63, 3.8) is 0 Å². The van der Waals surface area contributed by atoms with Gasteiger partial charge in [-0.2, -0.15) is 5.26 Å². The second-order valence-corrected chi connectivity index (χ2v) is 5.44. The van der Waals surface area contributed by atoms with Crippen LogP contribution in [0.25, 0.3) is 0 Å². The van der Waals surface area contributed by atoms with Crippen molar-refractivity contribution >= 4 is 5.82 Å². The molecule has 0 spiro atoms. The van der Waals surface area contributed by atoms with Crippen LogP contribution in [0.3, 0.4) is 0 Å². The van der Waals surface area contributed by atoms with E-state index in [1.54, 1.807) is 6.20 Å². The van der Waals surface area contributed by atoms with Crippen molar-refractivity contribution in [1.82, 2.24) is 14.5 Å². The quantitative estimate of drug-likeness (QED) is 0.933. The van der Waals surface area contributed by atoms with E-state index in [0.29, 0.717) is 11.4 Å². The minimum atomic E-state index is 0.649. The molecule has 1 aliphatic carbocycles. The molecule has 0 atom stereocenters. The molecule has 2 aromatic rings. The normalized spacial score (nSPS) is 13.5. The second kappa shape index (κ2) is 5.96. The molecule has 5 nitrogen and oxygen atoms in total. The Hall–Kier alpha value is -2.35. The number of nitrogens with one attached hydrogen (secondary N) is 1. The number of aromatic nitrogens is 3. The Morgan fingerprint density at radius 3 is 3.00 bits per heavy atom. The summed E-state index contributed by atoms with van der Waals surface area (Å²) in [4.78, 5) is 8.96. The minimum Gasteiger partial charge on any atom is -0.369 e. The maximum atomic E-state index is 9.30. The zero-order valence-electron chi connectivity index (χ0n) is 12.3. The molecule has 2 heterocycles. The number of fused-ring (bicyclic) bond motifs is 1. The average molecular weight is 281 g/mol. The molecule has 0 fully saturated rings. The lowest BCUT2D eigenvalue weighted by Gasteiger charge is -2.17. The number of rotatable bonds is 4. The Balaban J connectivity index is 1.72. The molecule has 0 aliphatic heterocycles. The fourth-order valence-corrected chi connectivity index (χ4v) is 2.78. The van der Waals surface area contributed by atoms with Gasteiger partial charge < -0.3 is 9.88 Å². The molecule has 0 unspecified atom stereocenters. The Kier molecular flexibility index (Phi) is 3.87. The summed E-state index contributed by atoms with van der Waals surface area (Å²) in [7, 11) is 1.99. The van der Waals surface area contributed by atoms with Gasteiger partial charge in [0.1, 0.15) is 17.7 Å². The predicted molar refractivity (Wildman–Crippen MR) is 81.0 cm³/mol. The van der Waals surface area contributed by atoms with E-state index in [2.05, 4.69) is 21.4 Å². The van der Waals surface area contributed by atoms with Crippen LogP contribution < -0.4 is 5.32 Å². The number of imidazole rings is 1. The maximum absolute atomic E-state index is 9.30. The summed E-state index contributed by atoms with van der Waals surface area (Å²) in [6.45, 7) is 0.727. The van der Waals surface area contributed by atoms with Crippen LogP contribution in [-0.2, 0) is 26.3 Å². The fraction of sp³-hybridized carbons (Fsp3) is 0.438. The van der Waals surface area contributed by atoms with Crippen molar-refractivity contribution in [1.29, 1.82) is 5.26 Å². The monoisotopic (exact) mass is 281 g/mol. The van der Waals surface area contributed by atoms with Gasteiger partial charge in [-0.3, -0.25) is 0 Å². The molecule has 3 rings (SSSR count). The molecule has 0 saturated heterocycles. The van der Waals surface area contributed by atoms with E-state index >= 15 is 0 Å². The Morgan fingerprint density at radius 1 is 1.38 bits per heavy atom. The van der Waals surface area contributed by atoms with Crippen LogP contribution in [0.2, 0.25) is 0 Å². The zero-order valence-corrected chi connectivity index (χ0v) is 12.3. The van der Waals surface area contributed by atoms with Crippen molar-refractivity contribution in [2.75, 3.05) is 11.9 Å². The van der Waals surface area contributed by atoms with Gasteiger partial charge >= 0.3 is 0 Å². The Bertz CT molecular complexity index is 680. The van der Waals surface area contributed by atoms with Gasteiger partial charge in [0.15, 0.2) is 0 Å². The number of nitriles is 1. The molecule has 5 heteroatoms. The van der Waals surface area contributed by atoms with Crippen LogP contribution in [0.15, 0.2) is 18.5 Å². The van der Waals surface area contributed by atoms with Gasteiger partial charge in [0.25, 0.3) is 0 Å². The summed E-state index contributed by atoms with van der Waals surface area (Å²) in [6.07, 6.45) is 9.01. The van der Waals surface area contributed by atoms with Crippen molar-refractivity contribution in [2.45, 2.75) is 32.1 Å². The van der Waals surface area contributed by atoms with E-state index in [1.165, 1.54) is 18.4 Å². The lowest BCUT2D eigenvalue weighted by Crippen LogP contribution is -2.13. The maximum Gasteiger partial charge on any atom is 0.144 e. The number of nitrogens with zero attached hydrogens (tertiary/aromatic N) is 4. The topological polar surface area (TPSA) is 66.5 Å². The highest BCUT2D eigenvalue weighted by Gasteiger charge is 2.15. The lowest BCUT2D eigenvalue weighted by molar-refractivity contribution is 0.667. The molecule has 108 valence electrons. The average Bonchev–Trinajstić information content (AvgIpc) is 2.92. The fourth-order valence-electron chi connectivity index (χ4n) is 2.78. The molecule has 0 aromatic carbocycles. The van der Waals surface area contributed by atoms with Crippen LogP contribution in [0.1, 0.15) is 35.5 Å². The molecule has 1 aliphatic rings. The molecule has 21 heavy (non-hydrogen) atoms. The minimum absolute atomic E-state index is 0.649. The molecule has 0 bridgehead atoms. The number of hydrogen-bond acceptors (Lipinski definition) is 4. The van der Waals surface area contributed by atoms with Crippen LogP contribution >= 0.6 is 0 Å². The van der Waals surface area contributed by atoms with Gasteiger partial charge in [0.2, 0.25) is 0 Å². The molecule has 2 aromatic heterocycles. The molecule has 0 radical (unpaired) electrons. The third kappa shape index (κ3) is 2.89. The van der Waals surface area contributed by atoms with Crippen LogP contribution in [0.4, 0.5) is 5.82 Å². The summed E-state index contributed by atoms with van der Waals surface area (Å²) in [6, 6.07) is 4.26. The molecule has 0 amide bonds. The van der Waals surface area contributed by atoms with Crippen LogP contribution in [0, 0.1) is 11.3 Å². The van der Waals surface area contributed by atoms with Crippen LogP contribution in [0.5, 0.6) is 0 Å². The van der Waals surface area contributed by atoms with E-state index in [1.807, 2.05) is 23.9 Å². The van der Waals surface area contributed by atoms with Crippen molar-refractivity contribution in [3.05, 3.63) is 41.1 Å². The summed E-state index contributed by atoms with van der Waals surface area (Å²) in [5, 5.41) is 12.6. The van der Waals surface area contributed by atoms with Gasteiger partial charge in [-0.25, -0.2) is 9.97 Å². The van der Waals surface area contributed by atoms with Crippen molar-refractivity contribution in [2.24, 2.45) is 7.05 Å². The Labute approximate surface area is 124 Å². The predicted octanol–water partition coefficient (Wildman–Crippen LogP) is 2.22. The molecular formula is C16H19N5. The third-order valence-corrected chi connectivity index (χ3v) is 3.98.